The summed E-state index contributed by atoms with van der Waals surface area (Å²) in [5.41, 5.74) is 2.20. The number of aromatic nitrogens is 3. The van der Waals surface area contributed by atoms with Gasteiger partial charge in [0.05, 0.1) is 9.71 Å². The summed E-state index contributed by atoms with van der Waals surface area (Å²) < 4.78 is 1.93. The van der Waals surface area contributed by atoms with Crippen molar-refractivity contribution in [3.05, 3.63) is 88.2 Å². The average molecular weight is 427 g/mol. The van der Waals surface area contributed by atoms with Crippen LogP contribution >= 0.6 is 11.3 Å². The zero-order valence-electron chi connectivity index (χ0n) is 16.7. The second-order valence-corrected chi connectivity index (χ2v) is 8.37. The molecule has 0 atom stereocenters. The predicted molar refractivity (Wildman–Crippen MR) is 124 cm³/mol. The topological polar surface area (TPSA) is 76.9 Å². The fraction of sp³-hybridized carbons (Fsp3) is 0.0833. The first-order chi connectivity index (χ1) is 15.1. The molecular formula is C24H18N4O2S. The van der Waals surface area contributed by atoms with E-state index < -0.39 is 0 Å². The van der Waals surface area contributed by atoms with Crippen molar-refractivity contribution in [3.63, 3.8) is 0 Å². The van der Waals surface area contributed by atoms with Gasteiger partial charge in [0, 0.05) is 16.6 Å². The monoisotopic (exact) mass is 426 g/mol. The summed E-state index contributed by atoms with van der Waals surface area (Å²) >= 11 is 1.43. The number of anilines is 1. The maximum absolute atomic E-state index is 13.0. The predicted octanol–water partition coefficient (Wildman–Crippen LogP) is 4.62. The summed E-state index contributed by atoms with van der Waals surface area (Å²) in [6, 6.07) is 23.2. The molecule has 152 valence electrons. The SMILES string of the molecule is Cc1nc2c(=O)n(CC(=O)Nc3cccc4ccccc34)nc(-c3ccccc3)c2s1. The van der Waals surface area contributed by atoms with E-state index in [1.807, 2.05) is 79.7 Å². The molecule has 0 unspecified atom stereocenters. The van der Waals surface area contributed by atoms with E-state index in [1.54, 1.807) is 0 Å². The van der Waals surface area contributed by atoms with Gasteiger partial charge in [-0.25, -0.2) is 9.67 Å². The van der Waals surface area contributed by atoms with Crippen LogP contribution < -0.4 is 10.9 Å². The molecule has 0 aliphatic carbocycles. The largest absolute Gasteiger partial charge is 0.324 e. The average Bonchev–Trinajstić information content (AvgIpc) is 3.18. The molecule has 2 aromatic heterocycles. The van der Waals surface area contributed by atoms with Gasteiger partial charge in [0.1, 0.15) is 12.2 Å². The van der Waals surface area contributed by atoms with Crippen molar-refractivity contribution < 1.29 is 4.79 Å². The van der Waals surface area contributed by atoms with Gasteiger partial charge in [-0.1, -0.05) is 66.7 Å². The van der Waals surface area contributed by atoms with E-state index in [1.165, 1.54) is 16.0 Å². The molecule has 2 heterocycles. The van der Waals surface area contributed by atoms with Crippen LogP contribution in [0.15, 0.2) is 77.6 Å². The number of amides is 1. The number of carbonyl (C=O) groups is 1. The van der Waals surface area contributed by atoms with E-state index in [2.05, 4.69) is 15.4 Å². The standard InChI is InChI=1S/C24H18N4O2S/c1-15-25-22-23(31-15)21(17-9-3-2-4-10-17)27-28(24(22)30)14-20(29)26-19-13-7-11-16-8-5-6-12-18(16)19/h2-13H,14H2,1H3,(H,26,29). The molecule has 0 aliphatic rings. The lowest BCUT2D eigenvalue weighted by atomic mass is 10.1. The molecular weight excluding hydrogens is 408 g/mol. The molecule has 0 spiro atoms. The van der Waals surface area contributed by atoms with E-state index in [-0.39, 0.29) is 18.0 Å². The number of carbonyl (C=O) groups excluding carboxylic acids is 1. The van der Waals surface area contributed by atoms with Crippen LogP contribution in [0.5, 0.6) is 0 Å². The lowest BCUT2D eigenvalue weighted by Crippen LogP contribution is -2.30. The van der Waals surface area contributed by atoms with E-state index >= 15 is 0 Å². The van der Waals surface area contributed by atoms with Gasteiger partial charge in [-0.05, 0) is 18.4 Å². The normalized spacial score (nSPS) is 11.1. The third-order valence-electron chi connectivity index (χ3n) is 5.01. The van der Waals surface area contributed by atoms with E-state index in [0.717, 1.165) is 26.0 Å². The first kappa shape index (κ1) is 19.1. The number of fused-ring (bicyclic) bond motifs is 2. The second kappa shape index (κ2) is 7.77. The Morgan fingerprint density at radius 1 is 1.00 bits per heavy atom. The number of rotatable bonds is 4. The molecule has 31 heavy (non-hydrogen) atoms. The molecule has 6 nitrogen and oxygen atoms in total. The Bertz CT molecular complexity index is 1480. The van der Waals surface area contributed by atoms with Crippen LogP contribution in [-0.4, -0.2) is 20.7 Å². The highest BCUT2D eigenvalue weighted by Crippen LogP contribution is 2.29. The number of nitrogens with one attached hydrogen (secondary N) is 1. The molecule has 1 N–H and O–H groups in total. The van der Waals surface area contributed by atoms with E-state index in [0.29, 0.717) is 16.9 Å². The molecule has 3 aromatic carbocycles. The summed E-state index contributed by atoms with van der Waals surface area (Å²) in [6.45, 7) is 1.66. The van der Waals surface area contributed by atoms with Gasteiger partial charge in [0.2, 0.25) is 5.91 Å². The molecule has 7 heteroatoms. The number of nitrogens with zero attached hydrogens (tertiary/aromatic N) is 3. The number of hydrogen-bond acceptors (Lipinski definition) is 5. The Morgan fingerprint density at radius 3 is 2.58 bits per heavy atom. The number of benzene rings is 3. The zero-order chi connectivity index (χ0) is 21.4. The van der Waals surface area contributed by atoms with Gasteiger partial charge in [-0.15, -0.1) is 11.3 Å². The first-order valence-corrected chi connectivity index (χ1v) is 10.6. The Morgan fingerprint density at radius 2 is 1.74 bits per heavy atom. The molecule has 0 bridgehead atoms. The van der Waals surface area contributed by atoms with Gasteiger partial charge < -0.3 is 5.32 Å². The zero-order valence-corrected chi connectivity index (χ0v) is 17.5. The van der Waals surface area contributed by atoms with Crippen LogP contribution in [-0.2, 0) is 11.3 Å². The van der Waals surface area contributed by atoms with Gasteiger partial charge in [0.15, 0.2) is 5.52 Å². The number of hydrogen-bond donors (Lipinski definition) is 1. The van der Waals surface area contributed by atoms with Gasteiger partial charge >= 0.3 is 0 Å². The van der Waals surface area contributed by atoms with Crippen LogP contribution in [0.3, 0.4) is 0 Å². The summed E-state index contributed by atoms with van der Waals surface area (Å²) in [5.74, 6) is -0.323. The smallest absolute Gasteiger partial charge is 0.294 e. The maximum Gasteiger partial charge on any atom is 0.294 e. The van der Waals surface area contributed by atoms with Gasteiger partial charge in [-0.3, -0.25) is 9.59 Å². The lowest BCUT2D eigenvalue weighted by Gasteiger charge is -2.11. The van der Waals surface area contributed by atoms with Crippen molar-refractivity contribution in [3.8, 4) is 11.3 Å². The second-order valence-electron chi connectivity index (χ2n) is 7.16. The van der Waals surface area contributed by atoms with Crippen LogP contribution in [0.4, 0.5) is 5.69 Å². The minimum atomic E-state index is -0.368. The van der Waals surface area contributed by atoms with Crippen molar-refractivity contribution in [2.75, 3.05) is 5.32 Å². The molecule has 5 rings (SSSR count). The molecule has 5 aromatic rings. The molecule has 0 saturated carbocycles. The fourth-order valence-electron chi connectivity index (χ4n) is 3.62. The van der Waals surface area contributed by atoms with Crippen LogP contribution in [0.1, 0.15) is 5.01 Å². The summed E-state index contributed by atoms with van der Waals surface area (Å²) in [5, 5.41) is 10.2. The minimum Gasteiger partial charge on any atom is -0.324 e. The maximum atomic E-state index is 13.0. The quantitative estimate of drug-likeness (QED) is 0.455. The summed E-state index contributed by atoms with van der Waals surface area (Å²) in [6.07, 6.45) is 0. The molecule has 0 radical (unpaired) electrons. The number of aryl methyl sites for hydroxylation is 1. The van der Waals surface area contributed by atoms with Gasteiger partial charge in [-0.2, -0.15) is 5.10 Å². The third-order valence-corrected chi connectivity index (χ3v) is 5.99. The Hall–Kier alpha value is -3.84. The molecule has 0 saturated heterocycles. The minimum absolute atomic E-state index is 0.200. The Labute approximate surface area is 181 Å². The van der Waals surface area contributed by atoms with Crippen molar-refractivity contribution in [1.82, 2.24) is 14.8 Å². The Kier molecular flexibility index (Phi) is 4.80. The molecule has 0 aliphatic heterocycles. The molecule has 1 amide bonds. The first-order valence-electron chi connectivity index (χ1n) is 9.81. The van der Waals surface area contributed by atoms with E-state index in [9.17, 15) is 9.59 Å². The highest BCUT2D eigenvalue weighted by Gasteiger charge is 2.18. The Balaban J connectivity index is 1.54. The van der Waals surface area contributed by atoms with Crippen molar-refractivity contribution >= 4 is 43.9 Å². The van der Waals surface area contributed by atoms with Gasteiger partial charge in [0.25, 0.3) is 5.56 Å². The highest BCUT2D eigenvalue weighted by molar-refractivity contribution is 7.19. The highest BCUT2D eigenvalue weighted by atomic mass is 32.1. The van der Waals surface area contributed by atoms with Crippen molar-refractivity contribution in [1.29, 1.82) is 0 Å². The summed E-state index contributed by atoms with van der Waals surface area (Å²) in [7, 11) is 0. The lowest BCUT2D eigenvalue weighted by molar-refractivity contribution is -0.117. The number of thiazole rings is 1. The van der Waals surface area contributed by atoms with Crippen molar-refractivity contribution in [2.24, 2.45) is 0 Å². The van der Waals surface area contributed by atoms with Crippen LogP contribution in [0.25, 0.3) is 32.2 Å². The van der Waals surface area contributed by atoms with Crippen molar-refractivity contribution in [2.45, 2.75) is 13.5 Å². The van der Waals surface area contributed by atoms with E-state index in [4.69, 9.17) is 0 Å². The molecule has 0 fully saturated rings. The van der Waals surface area contributed by atoms with Crippen LogP contribution in [0, 0.1) is 6.92 Å². The third kappa shape index (κ3) is 3.60. The fourth-order valence-corrected chi connectivity index (χ4v) is 4.54. The van der Waals surface area contributed by atoms with Crippen LogP contribution in [0.2, 0.25) is 0 Å². The summed E-state index contributed by atoms with van der Waals surface area (Å²) in [4.78, 5) is 30.2.